The molecule has 106 valence electrons. The minimum Gasteiger partial charge on any atom is -0.372 e. The van der Waals surface area contributed by atoms with Crippen molar-refractivity contribution in [3.05, 3.63) is 35.4 Å². The lowest BCUT2D eigenvalue weighted by Gasteiger charge is -2.31. The Bertz CT molecular complexity index is 383. The van der Waals surface area contributed by atoms with E-state index in [0.29, 0.717) is 0 Å². The zero-order chi connectivity index (χ0) is 13.5. The van der Waals surface area contributed by atoms with Gasteiger partial charge in [-0.1, -0.05) is 53.5 Å². The van der Waals surface area contributed by atoms with Crippen LogP contribution in [-0.4, -0.2) is 36.5 Å². The Morgan fingerprint density at radius 3 is 2.95 bits per heavy atom. The molecule has 1 atom stereocenters. The highest BCUT2D eigenvalue weighted by molar-refractivity contribution is 9.09. The average molecular weight is 326 g/mol. The van der Waals surface area contributed by atoms with Gasteiger partial charge in [-0.15, -0.1) is 0 Å². The molecule has 0 aromatic heterocycles. The van der Waals surface area contributed by atoms with Gasteiger partial charge in [-0.2, -0.15) is 0 Å². The number of hydrogen-bond donors (Lipinski definition) is 0. The summed E-state index contributed by atoms with van der Waals surface area (Å²) in [6.45, 7) is 6.39. The van der Waals surface area contributed by atoms with Gasteiger partial charge in [0.05, 0.1) is 12.7 Å². The summed E-state index contributed by atoms with van der Waals surface area (Å²) in [7, 11) is 0. The molecule has 1 aromatic rings. The topological polar surface area (TPSA) is 12.5 Å². The molecule has 2 nitrogen and oxygen atoms in total. The van der Waals surface area contributed by atoms with Gasteiger partial charge in [0.25, 0.3) is 0 Å². The van der Waals surface area contributed by atoms with E-state index in [4.69, 9.17) is 4.74 Å². The zero-order valence-corrected chi connectivity index (χ0v) is 13.4. The van der Waals surface area contributed by atoms with Crippen LogP contribution in [-0.2, 0) is 11.2 Å². The van der Waals surface area contributed by atoms with Crippen molar-refractivity contribution in [3.63, 3.8) is 0 Å². The Hall–Kier alpha value is -0.380. The summed E-state index contributed by atoms with van der Waals surface area (Å²) in [5.41, 5.74) is 2.86. The SMILES string of the molecule is CCCCN(CCBr)CC1OCCc2ccccc21. The standard InChI is InChI=1S/C16H24BrNO/c1-2-3-10-18(11-9-17)13-16-15-7-5-4-6-14(15)8-12-19-16/h4-7,16H,2-3,8-13H2,1H3. The molecule has 1 aliphatic heterocycles. The number of alkyl halides is 1. The Labute approximate surface area is 125 Å². The van der Waals surface area contributed by atoms with Gasteiger partial charge in [0, 0.05) is 18.4 Å². The fourth-order valence-corrected chi connectivity index (χ4v) is 3.16. The molecule has 0 saturated heterocycles. The van der Waals surface area contributed by atoms with Crippen molar-refractivity contribution in [1.29, 1.82) is 0 Å². The largest absolute Gasteiger partial charge is 0.372 e. The van der Waals surface area contributed by atoms with E-state index in [2.05, 4.69) is 52.0 Å². The molecule has 2 rings (SSSR count). The Morgan fingerprint density at radius 1 is 1.32 bits per heavy atom. The van der Waals surface area contributed by atoms with E-state index in [0.717, 1.165) is 31.4 Å². The van der Waals surface area contributed by atoms with Crippen LogP contribution in [0.5, 0.6) is 0 Å². The van der Waals surface area contributed by atoms with Crippen LogP contribution in [0.2, 0.25) is 0 Å². The summed E-state index contributed by atoms with van der Waals surface area (Å²) in [6.07, 6.45) is 3.82. The quantitative estimate of drug-likeness (QED) is 0.707. The predicted molar refractivity (Wildman–Crippen MR) is 84.0 cm³/mol. The third-order valence-corrected chi connectivity index (χ3v) is 4.10. The second-order valence-corrected chi connectivity index (χ2v) is 5.94. The van der Waals surface area contributed by atoms with Crippen LogP contribution < -0.4 is 0 Å². The summed E-state index contributed by atoms with van der Waals surface area (Å²) in [5, 5.41) is 1.03. The van der Waals surface area contributed by atoms with Gasteiger partial charge in [0.2, 0.25) is 0 Å². The van der Waals surface area contributed by atoms with E-state index in [1.807, 2.05) is 0 Å². The lowest BCUT2D eigenvalue weighted by molar-refractivity contribution is 0.0169. The van der Waals surface area contributed by atoms with Gasteiger partial charge in [0.15, 0.2) is 0 Å². The second kappa shape index (κ2) is 8.03. The number of unbranched alkanes of at least 4 members (excludes halogenated alkanes) is 1. The highest BCUT2D eigenvalue weighted by Crippen LogP contribution is 2.27. The predicted octanol–water partition coefficient (Wildman–Crippen LogP) is 3.80. The van der Waals surface area contributed by atoms with Gasteiger partial charge in [-0.25, -0.2) is 0 Å². The highest BCUT2D eigenvalue weighted by Gasteiger charge is 2.22. The molecular formula is C16H24BrNO. The van der Waals surface area contributed by atoms with Crippen molar-refractivity contribution in [2.75, 3.05) is 31.6 Å². The van der Waals surface area contributed by atoms with E-state index < -0.39 is 0 Å². The maximum absolute atomic E-state index is 6.00. The fraction of sp³-hybridized carbons (Fsp3) is 0.625. The third kappa shape index (κ3) is 4.30. The Kier molecular flexibility index (Phi) is 6.35. The second-order valence-electron chi connectivity index (χ2n) is 5.15. The number of nitrogens with zero attached hydrogens (tertiary/aromatic N) is 1. The first-order chi connectivity index (χ1) is 9.35. The first-order valence-electron chi connectivity index (χ1n) is 7.33. The molecule has 0 spiro atoms. The molecule has 1 aliphatic rings. The van der Waals surface area contributed by atoms with Crippen molar-refractivity contribution in [2.24, 2.45) is 0 Å². The van der Waals surface area contributed by atoms with Gasteiger partial charge in [0.1, 0.15) is 0 Å². The summed E-state index contributed by atoms with van der Waals surface area (Å²) in [6, 6.07) is 8.73. The average Bonchev–Trinajstić information content (AvgIpc) is 2.45. The number of benzene rings is 1. The first-order valence-corrected chi connectivity index (χ1v) is 8.45. The number of halogens is 1. The molecule has 0 amide bonds. The van der Waals surface area contributed by atoms with Crippen LogP contribution in [0.25, 0.3) is 0 Å². The van der Waals surface area contributed by atoms with Crippen molar-refractivity contribution in [3.8, 4) is 0 Å². The molecule has 1 unspecified atom stereocenters. The number of fused-ring (bicyclic) bond motifs is 1. The third-order valence-electron chi connectivity index (χ3n) is 3.75. The monoisotopic (exact) mass is 325 g/mol. The molecule has 3 heteroatoms. The van der Waals surface area contributed by atoms with Crippen molar-refractivity contribution in [1.82, 2.24) is 4.90 Å². The molecule has 0 bridgehead atoms. The van der Waals surface area contributed by atoms with E-state index in [9.17, 15) is 0 Å². The van der Waals surface area contributed by atoms with Gasteiger partial charge in [-0.05, 0) is 30.5 Å². The molecule has 0 aliphatic carbocycles. The fourth-order valence-electron chi connectivity index (χ4n) is 2.66. The lowest BCUT2D eigenvalue weighted by Crippen LogP contribution is -2.34. The van der Waals surface area contributed by atoms with Gasteiger partial charge in [-0.3, -0.25) is 4.90 Å². The molecule has 1 heterocycles. The molecule has 0 saturated carbocycles. The Morgan fingerprint density at radius 2 is 2.16 bits per heavy atom. The van der Waals surface area contributed by atoms with Crippen molar-refractivity contribution >= 4 is 15.9 Å². The van der Waals surface area contributed by atoms with E-state index >= 15 is 0 Å². The molecular weight excluding hydrogens is 302 g/mol. The lowest BCUT2D eigenvalue weighted by atomic mass is 9.97. The van der Waals surface area contributed by atoms with Crippen LogP contribution >= 0.6 is 15.9 Å². The highest BCUT2D eigenvalue weighted by atomic mass is 79.9. The van der Waals surface area contributed by atoms with Crippen molar-refractivity contribution in [2.45, 2.75) is 32.3 Å². The molecule has 19 heavy (non-hydrogen) atoms. The van der Waals surface area contributed by atoms with E-state index in [-0.39, 0.29) is 6.10 Å². The number of ether oxygens (including phenoxy) is 1. The van der Waals surface area contributed by atoms with Gasteiger partial charge >= 0.3 is 0 Å². The normalized spacial score (nSPS) is 18.6. The molecule has 0 fully saturated rings. The van der Waals surface area contributed by atoms with Crippen LogP contribution in [0.4, 0.5) is 0 Å². The summed E-state index contributed by atoms with van der Waals surface area (Å²) >= 11 is 3.56. The Balaban J connectivity index is 2.01. The maximum atomic E-state index is 6.00. The molecule has 0 N–H and O–H groups in total. The van der Waals surface area contributed by atoms with E-state index in [1.54, 1.807) is 0 Å². The summed E-state index contributed by atoms with van der Waals surface area (Å²) in [5.74, 6) is 0. The molecule has 1 aromatic carbocycles. The number of rotatable bonds is 7. The summed E-state index contributed by atoms with van der Waals surface area (Å²) in [4.78, 5) is 2.52. The molecule has 0 radical (unpaired) electrons. The number of hydrogen-bond acceptors (Lipinski definition) is 2. The van der Waals surface area contributed by atoms with Crippen LogP contribution in [0, 0.1) is 0 Å². The van der Waals surface area contributed by atoms with Crippen LogP contribution in [0.3, 0.4) is 0 Å². The zero-order valence-electron chi connectivity index (χ0n) is 11.8. The van der Waals surface area contributed by atoms with Gasteiger partial charge < -0.3 is 4.74 Å². The van der Waals surface area contributed by atoms with E-state index in [1.165, 1.54) is 30.5 Å². The van der Waals surface area contributed by atoms with Crippen LogP contribution in [0.1, 0.15) is 37.0 Å². The minimum absolute atomic E-state index is 0.251. The smallest absolute Gasteiger partial charge is 0.0954 e. The maximum Gasteiger partial charge on any atom is 0.0954 e. The van der Waals surface area contributed by atoms with Crippen molar-refractivity contribution < 1.29 is 4.74 Å². The first kappa shape index (κ1) is 15.0. The summed E-state index contributed by atoms with van der Waals surface area (Å²) < 4.78 is 6.00. The van der Waals surface area contributed by atoms with Crippen LogP contribution in [0.15, 0.2) is 24.3 Å². The minimum atomic E-state index is 0.251.